The predicted molar refractivity (Wildman–Crippen MR) is 146 cm³/mol. The van der Waals surface area contributed by atoms with Crippen molar-refractivity contribution >= 4 is 17.3 Å². The van der Waals surface area contributed by atoms with Crippen LogP contribution in [0.1, 0.15) is 35.3 Å². The van der Waals surface area contributed by atoms with Gasteiger partial charge in [0.05, 0.1) is 36.2 Å². The maximum atomic E-state index is 11.3. The van der Waals surface area contributed by atoms with E-state index in [0.29, 0.717) is 67.0 Å². The van der Waals surface area contributed by atoms with Crippen molar-refractivity contribution in [2.75, 3.05) is 51.4 Å². The van der Waals surface area contributed by atoms with Gasteiger partial charge in [-0.3, -0.25) is 9.88 Å². The highest BCUT2D eigenvalue weighted by Crippen LogP contribution is 2.36. The second-order valence-electron chi connectivity index (χ2n) is 9.60. The van der Waals surface area contributed by atoms with Crippen LogP contribution >= 0.6 is 11.6 Å². The Hall–Kier alpha value is -3.19. The van der Waals surface area contributed by atoms with E-state index in [1.807, 2.05) is 36.4 Å². The van der Waals surface area contributed by atoms with Gasteiger partial charge < -0.3 is 24.6 Å². The number of ether oxygens (including phenoxy) is 2. The molecule has 0 radical (unpaired) electrons. The first-order valence-corrected chi connectivity index (χ1v) is 12.9. The maximum Gasteiger partial charge on any atom is 0.120 e. The molecule has 200 valence electrons. The highest BCUT2D eigenvalue weighted by molar-refractivity contribution is 6.30. The van der Waals surface area contributed by atoms with Crippen LogP contribution in [-0.4, -0.2) is 66.6 Å². The molecule has 1 aliphatic rings. The van der Waals surface area contributed by atoms with Crippen LogP contribution in [0.4, 0.5) is 5.69 Å². The van der Waals surface area contributed by atoms with Gasteiger partial charge in [0.25, 0.3) is 0 Å². The molecular weight excluding hydrogens is 504 g/mol. The van der Waals surface area contributed by atoms with Crippen molar-refractivity contribution in [1.82, 2.24) is 9.88 Å². The molecule has 1 aromatic heterocycles. The number of benzene rings is 2. The Kier molecular flexibility index (Phi) is 9.21. The first-order valence-electron chi connectivity index (χ1n) is 12.5. The van der Waals surface area contributed by atoms with Crippen molar-refractivity contribution in [3.8, 4) is 11.8 Å². The SMILES string of the molecule is COCCOc1ccc(N2CCN(C[C@@](C)(O)c3ccc(CO)nc3)C[C@H]2c2ccc(Cl)cc2)c(C#N)c1. The zero-order valence-electron chi connectivity index (χ0n) is 21.7. The number of aromatic nitrogens is 1. The number of aliphatic hydroxyl groups is 2. The molecule has 4 rings (SSSR count). The Morgan fingerprint density at radius 1 is 1.13 bits per heavy atom. The summed E-state index contributed by atoms with van der Waals surface area (Å²) in [6, 6.07) is 19.1. The molecule has 1 aliphatic heterocycles. The normalized spacial score (nSPS) is 17.6. The van der Waals surface area contributed by atoms with E-state index in [9.17, 15) is 15.5 Å². The first kappa shape index (κ1) is 27.8. The first-order chi connectivity index (χ1) is 18.3. The van der Waals surface area contributed by atoms with Gasteiger partial charge in [-0.2, -0.15) is 5.26 Å². The molecule has 0 saturated carbocycles. The van der Waals surface area contributed by atoms with E-state index < -0.39 is 5.60 Å². The number of nitriles is 1. The van der Waals surface area contributed by atoms with Gasteiger partial charge in [-0.15, -0.1) is 0 Å². The van der Waals surface area contributed by atoms with Gasteiger partial charge in [-0.05, 0) is 48.9 Å². The van der Waals surface area contributed by atoms with Crippen LogP contribution in [0.25, 0.3) is 0 Å². The number of hydrogen-bond acceptors (Lipinski definition) is 8. The molecule has 1 saturated heterocycles. The molecule has 8 nitrogen and oxygen atoms in total. The van der Waals surface area contributed by atoms with Crippen molar-refractivity contribution in [2.45, 2.75) is 25.2 Å². The van der Waals surface area contributed by atoms with Gasteiger partial charge >= 0.3 is 0 Å². The average Bonchev–Trinajstić information content (AvgIpc) is 2.93. The quantitative estimate of drug-likeness (QED) is 0.376. The van der Waals surface area contributed by atoms with Gasteiger partial charge in [-0.1, -0.05) is 29.8 Å². The Balaban J connectivity index is 1.59. The molecule has 0 bridgehead atoms. The Morgan fingerprint density at radius 3 is 2.58 bits per heavy atom. The zero-order valence-corrected chi connectivity index (χ0v) is 22.4. The topological polar surface area (TPSA) is 102 Å². The predicted octanol–water partition coefficient (Wildman–Crippen LogP) is 3.90. The van der Waals surface area contributed by atoms with E-state index in [0.717, 1.165) is 11.3 Å². The molecule has 3 aromatic rings. The van der Waals surface area contributed by atoms with Crippen LogP contribution in [-0.2, 0) is 16.9 Å². The van der Waals surface area contributed by atoms with E-state index in [2.05, 4.69) is 20.9 Å². The lowest BCUT2D eigenvalue weighted by molar-refractivity contribution is 0.00996. The van der Waals surface area contributed by atoms with Crippen molar-refractivity contribution in [3.63, 3.8) is 0 Å². The lowest BCUT2D eigenvalue weighted by atomic mass is 9.94. The van der Waals surface area contributed by atoms with E-state index in [4.69, 9.17) is 21.1 Å². The van der Waals surface area contributed by atoms with Gasteiger partial charge in [0.1, 0.15) is 24.0 Å². The molecule has 2 atom stereocenters. The Labute approximate surface area is 228 Å². The molecule has 2 heterocycles. The fraction of sp³-hybridized carbons (Fsp3) is 0.379. The minimum absolute atomic E-state index is 0.0703. The van der Waals surface area contributed by atoms with Crippen LogP contribution in [0.5, 0.6) is 5.75 Å². The number of methoxy groups -OCH3 is 1. The summed E-state index contributed by atoms with van der Waals surface area (Å²) in [5, 5.41) is 31.3. The molecule has 1 fully saturated rings. The summed E-state index contributed by atoms with van der Waals surface area (Å²) in [6.45, 7) is 4.91. The number of nitrogens with zero attached hydrogens (tertiary/aromatic N) is 4. The summed E-state index contributed by atoms with van der Waals surface area (Å²) in [5.74, 6) is 0.626. The van der Waals surface area contributed by atoms with Crippen LogP contribution in [0.15, 0.2) is 60.8 Å². The van der Waals surface area contributed by atoms with Crippen molar-refractivity contribution in [3.05, 3.63) is 88.2 Å². The molecule has 0 unspecified atom stereocenters. The van der Waals surface area contributed by atoms with Crippen molar-refractivity contribution < 1.29 is 19.7 Å². The lowest BCUT2D eigenvalue weighted by Crippen LogP contribution is -2.52. The standard InChI is InChI=1S/C29H33ClN4O4/c1-29(36,23-5-8-25(19-35)32-17-23)20-33-11-12-34(28(18-33)21-3-6-24(30)7-4-21)27-10-9-26(15-22(27)16-31)38-14-13-37-2/h3-10,15,17,28,35-36H,11-14,18-20H2,1-2H3/t28-,29+/m0/s1. The summed E-state index contributed by atoms with van der Waals surface area (Å²) >= 11 is 6.18. The van der Waals surface area contributed by atoms with Gasteiger partial charge in [0.2, 0.25) is 0 Å². The molecule has 0 amide bonds. The summed E-state index contributed by atoms with van der Waals surface area (Å²) < 4.78 is 10.8. The lowest BCUT2D eigenvalue weighted by Gasteiger charge is -2.45. The number of aliphatic hydroxyl groups excluding tert-OH is 1. The number of piperazine rings is 1. The highest BCUT2D eigenvalue weighted by atomic mass is 35.5. The van der Waals surface area contributed by atoms with Crippen molar-refractivity contribution in [2.24, 2.45) is 0 Å². The number of hydrogen-bond donors (Lipinski definition) is 2. The van der Waals surface area contributed by atoms with Crippen molar-refractivity contribution in [1.29, 1.82) is 5.26 Å². The minimum Gasteiger partial charge on any atom is -0.491 e. The fourth-order valence-corrected chi connectivity index (χ4v) is 4.92. The zero-order chi connectivity index (χ0) is 27.1. The molecule has 0 spiro atoms. The summed E-state index contributed by atoms with van der Waals surface area (Å²) in [7, 11) is 1.62. The largest absolute Gasteiger partial charge is 0.491 e. The van der Waals surface area contributed by atoms with Crippen LogP contribution in [0.2, 0.25) is 5.02 Å². The van der Waals surface area contributed by atoms with E-state index in [-0.39, 0.29) is 12.6 Å². The third-order valence-electron chi connectivity index (χ3n) is 6.81. The smallest absolute Gasteiger partial charge is 0.120 e. The van der Waals surface area contributed by atoms with Gasteiger partial charge in [0.15, 0.2) is 0 Å². The molecule has 9 heteroatoms. The molecular formula is C29H33ClN4O4. The van der Waals surface area contributed by atoms with Crippen LogP contribution in [0, 0.1) is 11.3 Å². The highest BCUT2D eigenvalue weighted by Gasteiger charge is 2.34. The summed E-state index contributed by atoms with van der Waals surface area (Å²) in [6.07, 6.45) is 1.62. The van der Waals surface area contributed by atoms with Gasteiger partial charge in [-0.25, -0.2) is 0 Å². The second-order valence-corrected chi connectivity index (χ2v) is 10.0. The Bertz CT molecular complexity index is 1240. The second kappa shape index (κ2) is 12.6. The van der Waals surface area contributed by atoms with Crippen LogP contribution < -0.4 is 9.64 Å². The third kappa shape index (κ3) is 6.62. The maximum absolute atomic E-state index is 11.3. The average molecular weight is 537 g/mol. The number of anilines is 1. The number of halogens is 1. The third-order valence-corrected chi connectivity index (χ3v) is 7.07. The Morgan fingerprint density at radius 2 is 1.92 bits per heavy atom. The fourth-order valence-electron chi connectivity index (χ4n) is 4.79. The van der Waals surface area contributed by atoms with E-state index in [1.165, 1.54) is 0 Å². The van der Waals surface area contributed by atoms with E-state index in [1.54, 1.807) is 38.4 Å². The molecule has 2 N–H and O–H groups in total. The number of β-amino-alcohol motifs (C(OH)–C–C–N with tert-alkyl or cyclic N) is 1. The van der Waals surface area contributed by atoms with Gasteiger partial charge in [0, 0.05) is 50.1 Å². The number of pyridine rings is 1. The summed E-state index contributed by atoms with van der Waals surface area (Å²) in [4.78, 5) is 8.70. The summed E-state index contributed by atoms with van der Waals surface area (Å²) in [5.41, 5.74) is 2.56. The molecule has 2 aromatic carbocycles. The molecule has 0 aliphatic carbocycles. The minimum atomic E-state index is -1.13. The number of rotatable bonds is 10. The van der Waals surface area contributed by atoms with Crippen LogP contribution in [0.3, 0.4) is 0 Å². The molecule has 38 heavy (non-hydrogen) atoms. The monoisotopic (exact) mass is 536 g/mol. The van der Waals surface area contributed by atoms with E-state index >= 15 is 0 Å².